The lowest BCUT2D eigenvalue weighted by Gasteiger charge is -2.44. The number of hydrogen-bond donors (Lipinski definition) is 1. The predicted molar refractivity (Wildman–Crippen MR) is 138 cm³/mol. The molecule has 0 bridgehead atoms. The predicted octanol–water partition coefficient (Wildman–Crippen LogP) is 4.37. The van der Waals surface area contributed by atoms with E-state index in [4.69, 9.17) is 19.1 Å². The number of aromatic nitrogens is 3. The normalized spacial score (nSPS) is 21.9. The number of rotatable bonds is 5. The number of ether oxygens (including phenoxy) is 1. The molecule has 2 aliphatic rings. The van der Waals surface area contributed by atoms with E-state index < -0.39 is 7.12 Å². The third-order valence-electron chi connectivity index (χ3n) is 6.37. The van der Waals surface area contributed by atoms with Gasteiger partial charge in [-0.2, -0.15) is 5.10 Å². The van der Waals surface area contributed by atoms with E-state index in [1.165, 1.54) is 0 Å². The number of aryl methyl sites for hydroxylation is 1. The molecule has 3 aromatic rings. The Labute approximate surface area is 210 Å². The Bertz CT molecular complexity index is 1220. The van der Waals surface area contributed by atoms with Crippen LogP contribution in [0.25, 0.3) is 10.9 Å². The minimum absolute atomic E-state index is 0.0961. The van der Waals surface area contributed by atoms with Gasteiger partial charge in [0.2, 0.25) is 5.91 Å². The van der Waals surface area contributed by atoms with Gasteiger partial charge in [0.25, 0.3) is 0 Å². The molecule has 0 saturated carbocycles. The average Bonchev–Trinajstić information content (AvgIpc) is 3.38. The van der Waals surface area contributed by atoms with Crippen LogP contribution < -0.4 is 10.8 Å². The highest BCUT2D eigenvalue weighted by atomic mass is 32.1. The molecule has 1 atom stereocenters. The summed E-state index contributed by atoms with van der Waals surface area (Å²) in [5, 5.41) is 11.7. The van der Waals surface area contributed by atoms with Crippen LogP contribution in [0.15, 0.2) is 23.7 Å². The van der Waals surface area contributed by atoms with Gasteiger partial charge in [-0.1, -0.05) is 0 Å². The summed E-state index contributed by atoms with van der Waals surface area (Å²) in [5.41, 5.74) is 2.36. The molecular formula is C25H33BN4O4S. The summed E-state index contributed by atoms with van der Waals surface area (Å²) >= 11 is 1.54. The smallest absolute Gasteiger partial charge is 0.402 e. The molecule has 10 heteroatoms. The van der Waals surface area contributed by atoms with Crippen molar-refractivity contribution in [2.24, 2.45) is 0 Å². The summed E-state index contributed by atoms with van der Waals surface area (Å²) in [7, 11) is -0.564. The number of hydrogen-bond acceptors (Lipinski definition) is 7. The maximum atomic E-state index is 13.0. The Kier molecular flexibility index (Phi) is 6.50. The van der Waals surface area contributed by atoms with Crippen LogP contribution >= 0.6 is 11.3 Å². The number of fused-ring (bicyclic) bond motifs is 1. The second-order valence-corrected chi connectivity index (χ2v) is 11.8. The molecule has 4 heterocycles. The highest BCUT2D eigenvalue weighted by Gasteiger charge is 2.44. The van der Waals surface area contributed by atoms with Crippen molar-refractivity contribution in [1.29, 1.82) is 0 Å². The Morgan fingerprint density at radius 3 is 2.66 bits per heavy atom. The van der Waals surface area contributed by atoms with Crippen LogP contribution in [0.1, 0.15) is 70.3 Å². The fourth-order valence-corrected chi connectivity index (χ4v) is 5.79. The zero-order valence-corrected chi connectivity index (χ0v) is 21.9. The fraction of sp³-hybridized carbons (Fsp3) is 0.560. The van der Waals surface area contributed by atoms with Crippen LogP contribution in [0.2, 0.25) is 0 Å². The Hall–Kier alpha value is -2.27. The van der Waals surface area contributed by atoms with E-state index in [2.05, 4.69) is 38.0 Å². The van der Waals surface area contributed by atoms with Gasteiger partial charge in [-0.15, -0.1) is 11.3 Å². The van der Waals surface area contributed by atoms with Gasteiger partial charge in [0.15, 0.2) is 0 Å². The van der Waals surface area contributed by atoms with Gasteiger partial charge >= 0.3 is 7.12 Å². The van der Waals surface area contributed by atoms with E-state index in [9.17, 15) is 4.79 Å². The number of benzene rings is 1. The topological polar surface area (TPSA) is 87.5 Å². The van der Waals surface area contributed by atoms with E-state index in [1.54, 1.807) is 11.3 Å². The first-order valence-corrected chi connectivity index (χ1v) is 13.2. The van der Waals surface area contributed by atoms with Crippen LogP contribution in [-0.4, -0.2) is 45.6 Å². The largest absolute Gasteiger partial charge is 0.494 e. The summed E-state index contributed by atoms with van der Waals surface area (Å²) in [5.74, 6) is -0.124. The Morgan fingerprint density at radius 1 is 1.23 bits per heavy atom. The molecule has 0 spiro atoms. The van der Waals surface area contributed by atoms with Gasteiger partial charge < -0.3 is 19.4 Å². The average molecular weight is 496 g/mol. The molecule has 1 aromatic carbocycles. The minimum atomic E-state index is -0.564. The molecule has 186 valence electrons. The monoisotopic (exact) mass is 496 g/mol. The first-order valence-electron chi connectivity index (χ1n) is 12.3. The molecule has 0 aliphatic carbocycles. The quantitative estimate of drug-likeness (QED) is 0.528. The molecule has 8 nitrogen and oxygen atoms in total. The SMILES string of the molecule is Cc1nc(CC(=O)Nc2cc(B3OC(C)(C)CC(C)(C)O3)cc3nn(C4CCCCO4)cc23)cs1. The summed E-state index contributed by atoms with van der Waals surface area (Å²) in [4.78, 5) is 17.4. The lowest BCUT2D eigenvalue weighted by atomic mass is 9.72. The summed E-state index contributed by atoms with van der Waals surface area (Å²) in [6.45, 7) is 11.0. The highest BCUT2D eigenvalue weighted by Crippen LogP contribution is 2.34. The van der Waals surface area contributed by atoms with Gasteiger partial charge in [0, 0.05) is 30.0 Å². The van der Waals surface area contributed by atoms with Crippen molar-refractivity contribution in [1.82, 2.24) is 14.8 Å². The highest BCUT2D eigenvalue weighted by molar-refractivity contribution is 7.09. The lowest BCUT2D eigenvalue weighted by Crippen LogP contribution is -2.56. The maximum absolute atomic E-state index is 13.0. The van der Waals surface area contributed by atoms with Crippen molar-refractivity contribution >= 4 is 46.4 Å². The molecule has 35 heavy (non-hydrogen) atoms. The van der Waals surface area contributed by atoms with Crippen LogP contribution in [-0.2, 0) is 25.3 Å². The molecule has 5 rings (SSSR count). The minimum Gasteiger partial charge on any atom is -0.402 e. The zero-order valence-electron chi connectivity index (χ0n) is 21.1. The summed E-state index contributed by atoms with van der Waals surface area (Å²) in [6, 6.07) is 3.94. The third-order valence-corrected chi connectivity index (χ3v) is 7.20. The van der Waals surface area contributed by atoms with Crippen LogP contribution in [0, 0.1) is 6.92 Å². The zero-order chi connectivity index (χ0) is 24.8. The third kappa shape index (κ3) is 5.61. The molecule has 1 amide bonds. The van der Waals surface area contributed by atoms with Crippen molar-refractivity contribution in [3.63, 3.8) is 0 Å². The summed E-state index contributed by atoms with van der Waals surface area (Å²) in [6.07, 6.45) is 5.96. The van der Waals surface area contributed by atoms with Crippen molar-refractivity contribution in [2.75, 3.05) is 11.9 Å². The number of nitrogens with zero attached hydrogens (tertiary/aromatic N) is 3. The molecule has 2 fully saturated rings. The van der Waals surface area contributed by atoms with Gasteiger partial charge in [0.1, 0.15) is 6.23 Å². The van der Waals surface area contributed by atoms with Gasteiger partial charge in [0.05, 0.1) is 39.5 Å². The Balaban J connectivity index is 1.50. The lowest BCUT2D eigenvalue weighted by molar-refractivity contribution is -0.115. The second-order valence-electron chi connectivity index (χ2n) is 10.8. The second kappa shape index (κ2) is 9.31. The van der Waals surface area contributed by atoms with E-state index in [0.29, 0.717) is 5.69 Å². The molecule has 2 aromatic heterocycles. The van der Waals surface area contributed by atoms with Crippen molar-refractivity contribution < 1.29 is 18.8 Å². The molecule has 1 unspecified atom stereocenters. The van der Waals surface area contributed by atoms with Crippen molar-refractivity contribution in [3.05, 3.63) is 34.4 Å². The first-order chi connectivity index (χ1) is 16.6. The molecule has 2 aliphatic heterocycles. The van der Waals surface area contributed by atoms with Crippen molar-refractivity contribution in [3.8, 4) is 0 Å². The fourth-order valence-electron chi connectivity index (χ4n) is 5.18. The van der Waals surface area contributed by atoms with Crippen LogP contribution in [0.5, 0.6) is 0 Å². The molecule has 0 radical (unpaired) electrons. The first kappa shape index (κ1) is 24.4. The van der Waals surface area contributed by atoms with Gasteiger partial charge in [-0.05, 0) is 71.5 Å². The van der Waals surface area contributed by atoms with E-state index in [1.807, 2.05) is 35.3 Å². The van der Waals surface area contributed by atoms with E-state index in [-0.39, 0.29) is 29.8 Å². The Morgan fingerprint density at radius 2 is 2.00 bits per heavy atom. The number of anilines is 1. The number of nitrogens with one attached hydrogen (secondary N) is 1. The number of amides is 1. The molecule has 2 saturated heterocycles. The molecule has 1 N–H and O–H groups in total. The maximum Gasteiger partial charge on any atom is 0.494 e. The molecular weight excluding hydrogens is 463 g/mol. The van der Waals surface area contributed by atoms with E-state index >= 15 is 0 Å². The van der Waals surface area contributed by atoms with Crippen LogP contribution in [0.3, 0.4) is 0 Å². The number of carbonyl (C=O) groups is 1. The van der Waals surface area contributed by atoms with Crippen LogP contribution in [0.4, 0.5) is 5.69 Å². The number of carbonyl (C=O) groups excluding carboxylic acids is 1. The van der Waals surface area contributed by atoms with Crippen molar-refractivity contribution in [2.45, 2.75) is 84.2 Å². The standard InChI is InChI=1S/C25H33BN4O4S/c1-16-27-18(14-35-16)12-22(31)28-20-10-17(26-33-24(2,3)15-25(4,5)34-26)11-21-19(20)13-30(29-21)23-8-6-7-9-32-23/h10-11,13-14,23H,6-9,12,15H2,1-5H3,(H,28,31). The van der Waals surface area contributed by atoms with Gasteiger partial charge in [-0.3, -0.25) is 4.79 Å². The summed E-state index contributed by atoms with van der Waals surface area (Å²) < 4.78 is 20.5. The van der Waals surface area contributed by atoms with Gasteiger partial charge in [-0.25, -0.2) is 9.67 Å². The number of thiazole rings is 1. The van der Waals surface area contributed by atoms with E-state index in [0.717, 1.165) is 59.4 Å².